The van der Waals surface area contributed by atoms with Crippen molar-refractivity contribution in [3.63, 3.8) is 0 Å². The van der Waals surface area contributed by atoms with Gasteiger partial charge in [-0.05, 0) is 31.1 Å². The van der Waals surface area contributed by atoms with Gasteiger partial charge in [0.1, 0.15) is 0 Å². The number of carbonyl (C=O) groups is 1. The molecule has 0 amide bonds. The van der Waals surface area contributed by atoms with E-state index in [1.54, 1.807) is 0 Å². The molecule has 140 valence electrons. The molecule has 1 N–H and O–H groups in total. The number of carbonyl (C=O) groups excluding carboxylic acids is 1. The van der Waals surface area contributed by atoms with Gasteiger partial charge in [0.05, 0.1) is 6.42 Å². The molecule has 2 rings (SSSR count). The maximum atomic E-state index is 11.9. The minimum Gasteiger partial charge on any atom is -0.363 e. The van der Waals surface area contributed by atoms with Gasteiger partial charge in [-0.1, -0.05) is 33.6 Å². The van der Waals surface area contributed by atoms with Crippen molar-refractivity contribution in [1.82, 2.24) is 0 Å². The minimum absolute atomic E-state index is 0.172. The smallest absolute Gasteiger partial charge is 0.343 e. The molecule has 6 heteroatoms. The van der Waals surface area contributed by atoms with Crippen LogP contribution in [0.5, 0.6) is 0 Å². The number of aliphatic hydroxyl groups is 1. The van der Waals surface area contributed by atoms with E-state index in [2.05, 4.69) is 0 Å². The zero-order chi connectivity index (χ0) is 17.7. The highest BCUT2D eigenvalue weighted by atomic mass is 17.3. The Kier molecular flexibility index (Phi) is 6.65. The first-order valence-electron chi connectivity index (χ1n) is 9.20. The molecule has 0 atom stereocenters. The predicted molar refractivity (Wildman–Crippen MR) is 87.3 cm³/mol. The molecule has 6 nitrogen and oxygen atoms in total. The lowest BCUT2D eigenvalue weighted by atomic mass is 9.93. The van der Waals surface area contributed by atoms with Crippen molar-refractivity contribution in [2.75, 3.05) is 0 Å². The summed E-state index contributed by atoms with van der Waals surface area (Å²) in [7, 11) is 0. The third-order valence-electron chi connectivity index (χ3n) is 4.56. The molecule has 2 fully saturated rings. The highest BCUT2D eigenvalue weighted by Crippen LogP contribution is 2.37. The molecular formula is C18H32O6. The SMILES string of the molecule is CC(C)(C)CC(=O)OOC1(OOC2(O)CCCCC2)CCCCC1. The molecule has 0 spiro atoms. The van der Waals surface area contributed by atoms with Crippen molar-refractivity contribution in [3.8, 4) is 0 Å². The van der Waals surface area contributed by atoms with E-state index in [9.17, 15) is 9.90 Å². The zero-order valence-corrected chi connectivity index (χ0v) is 15.3. The molecule has 0 aliphatic heterocycles. The first-order valence-corrected chi connectivity index (χ1v) is 9.20. The van der Waals surface area contributed by atoms with Gasteiger partial charge in [0, 0.05) is 25.7 Å². The standard InChI is InChI=1S/C18H32O6/c1-16(2,3)14-15(19)21-23-18(12-8-5-9-13-18)24-22-17(20)10-6-4-7-11-17/h20H,4-14H2,1-3H3. The molecule has 0 unspecified atom stereocenters. The summed E-state index contributed by atoms with van der Waals surface area (Å²) in [6, 6.07) is 0. The fraction of sp³-hybridized carbons (Fsp3) is 0.944. The number of hydrogen-bond donors (Lipinski definition) is 1. The van der Waals surface area contributed by atoms with Crippen LogP contribution in [-0.2, 0) is 24.3 Å². The Labute approximate surface area is 144 Å². The minimum atomic E-state index is -1.26. The Morgan fingerprint density at radius 3 is 1.96 bits per heavy atom. The molecule has 24 heavy (non-hydrogen) atoms. The lowest BCUT2D eigenvalue weighted by Gasteiger charge is -2.37. The lowest BCUT2D eigenvalue weighted by Crippen LogP contribution is -2.44. The third kappa shape index (κ3) is 6.31. The molecule has 0 bridgehead atoms. The Morgan fingerprint density at radius 1 is 0.875 bits per heavy atom. The largest absolute Gasteiger partial charge is 0.363 e. The fourth-order valence-corrected chi connectivity index (χ4v) is 3.20. The summed E-state index contributed by atoms with van der Waals surface area (Å²) in [5.74, 6) is -2.80. The van der Waals surface area contributed by atoms with Crippen molar-refractivity contribution in [3.05, 3.63) is 0 Å². The first-order chi connectivity index (χ1) is 11.2. The lowest BCUT2D eigenvalue weighted by molar-refractivity contribution is -0.546. The van der Waals surface area contributed by atoms with E-state index in [1.807, 2.05) is 20.8 Å². The van der Waals surface area contributed by atoms with Gasteiger partial charge < -0.3 is 5.11 Å². The molecular weight excluding hydrogens is 312 g/mol. The van der Waals surface area contributed by atoms with E-state index in [0.717, 1.165) is 38.5 Å². The van der Waals surface area contributed by atoms with Crippen molar-refractivity contribution in [1.29, 1.82) is 0 Å². The maximum absolute atomic E-state index is 11.9. The Morgan fingerprint density at radius 2 is 1.42 bits per heavy atom. The highest BCUT2D eigenvalue weighted by Gasteiger charge is 2.42. The van der Waals surface area contributed by atoms with Crippen LogP contribution in [-0.4, -0.2) is 22.7 Å². The van der Waals surface area contributed by atoms with Crippen molar-refractivity contribution in [2.45, 2.75) is 103 Å². The highest BCUT2D eigenvalue weighted by molar-refractivity contribution is 5.69. The molecule has 2 saturated carbocycles. The second-order valence-corrected chi connectivity index (χ2v) is 8.42. The third-order valence-corrected chi connectivity index (χ3v) is 4.56. The van der Waals surface area contributed by atoms with Gasteiger partial charge in [-0.2, -0.15) is 9.78 Å². The second-order valence-electron chi connectivity index (χ2n) is 8.42. The molecule has 0 heterocycles. The molecule has 0 saturated heterocycles. The molecule has 0 aromatic carbocycles. The van der Waals surface area contributed by atoms with E-state index in [-0.39, 0.29) is 11.8 Å². The molecule has 0 aromatic heterocycles. The summed E-state index contributed by atoms with van der Waals surface area (Å²) < 4.78 is 0. The van der Waals surface area contributed by atoms with Crippen molar-refractivity contribution >= 4 is 5.97 Å². The first kappa shape index (κ1) is 19.6. The van der Waals surface area contributed by atoms with Gasteiger partial charge in [-0.15, -0.1) is 4.89 Å². The topological polar surface area (TPSA) is 74.2 Å². The van der Waals surface area contributed by atoms with Gasteiger partial charge in [-0.3, -0.25) is 4.89 Å². The zero-order valence-electron chi connectivity index (χ0n) is 15.3. The van der Waals surface area contributed by atoms with E-state index in [4.69, 9.17) is 19.6 Å². The quantitative estimate of drug-likeness (QED) is 0.443. The number of hydrogen-bond acceptors (Lipinski definition) is 6. The normalized spacial score (nSPS) is 23.7. The van der Waals surface area contributed by atoms with E-state index >= 15 is 0 Å². The van der Waals surface area contributed by atoms with Crippen LogP contribution in [0.4, 0.5) is 0 Å². The summed E-state index contributed by atoms with van der Waals surface area (Å²) in [6.45, 7) is 5.88. The van der Waals surface area contributed by atoms with Crippen LogP contribution in [0.1, 0.15) is 91.4 Å². The van der Waals surface area contributed by atoms with Crippen LogP contribution < -0.4 is 0 Å². The van der Waals surface area contributed by atoms with Crippen LogP contribution in [0.25, 0.3) is 0 Å². The van der Waals surface area contributed by atoms with Gasteiger partial charge >= 0.3 is 5.97 Å². The molecule has 0 aromatic rings. The average Bonchev–Trinajstić information content (AvgIpc) is 2.52. The summed E-state index contributed by atoms with van der Waals surface area (Å²) in [6.07, 6.45) is 8.30. The molecule has 2 aliphatic rings. The molecule has 0 radical (unpaired) electrons. The van der Waals surface area contributed by atoms with Crippen LogP contribution in [0, 0.1) is 5.41 Å². The Bertz CT molecular complexity index is 402. The summed E-state index contributed by atoms with van der Waals surface area (Å²) in [4.78, 5) is 33.3. The summed E-state index contributed by atoms with van der Waals surface area (Å²) in [5.41, 5.74) is -0.172. The van der Waals surface area contributed by atoms with Gasteiger partial charge in [0.2, 0.25) is 5.79 Å². The molecule has 2 aliphatic carbocycles. The Hall–Kier alpha value is -0.690. The Balaban J connectivity index is 1.89. The summed E-state index contributed by atoms with van der Waals surface area (Å²) >= 11 is 0. The second kappa shape index (κ2) is 8.13. The van der Waals surface area contributed by atoms with E-state index in [0.29, 0.717) is 25.7 Å². The van der Waals surface area contributed by atoms with Gasteiger partial charge in [-0.25, -0.2) is 4.79 Å². The van der Waals surface area contributed by atoms with Crippen LogP contribution in [0.15, 0.2) is 0 Å². The fourth-order valence-electron chi connectivity index (χ4n) is 3.20. The van der Waals surface area contributed by atoms with Crippen molar-refractivity contribution < 1.29 is 29.5 Å². The van der Waals surface area contributed by atoms with E-state index in [1.165, 1.54) is 0 Å². The average molecular weight is 344 g/mol. The van der Waals surface area contributed by atoms with Gasteiger partial charge in [0.15, 0.2) is 5.79 Å². The maximum Gasteiger partial charge on any atom is 0.343 e. The van der Waals surface area contributed by atoms with Crippen molar-refractivity contribution in [2.24, 2.45) is 5.41 Å². The van der Waals surface area contributed by atoms with Gasteiger partial charge in [0.25, 0.3) is 0 Å². The predicted octanol–water partition coefficient (Wildman–Crippen LogP) is 4.16. The summed E-state index contributed by atoms with van der Waals surface area (Å²) in [5, 5.41) is 10.4. The van der Waals surface area contributed by atoms with Crippen LogP contribution in [0.2, 0.25) is 0 Å². The van der Waals surface area contributed by atoms with Crippen LogP contribution >= 0.6 is 0 Å². The van der Waals surface area contributed by atoms with Crippen LogP contribution in [0.3, 0.4) is 0 Å². The van der Waals surface area contributed by atoms with E-state index < -0.39 is 17.5 Å². The number of rotatable bonds is 6. The monoisotopic (exact) mass is 344 g/mol.